The number of anilines is 5. The van der Waals surface area contributed by atoms with Crippen LogP contribution in [0.2, 0.25) is 0 Å². The molecule has 0 amide bonds. The van der Waals surface area contributed by atoms with Gasteiger partial charge in [-0.25, -0.2) is 10.2 Å². The van der Waals surface area contributed by atoms with Gasteiger partial charge in [-0.15, -0.1) is 0 Å². The van der Waals surface area contributed by atoms with E-state index in [9.17, 15) is 4.79 Å². The second-order valence-corrected chi connectivity index (χ2v) is 9.83. The van der Waals surface area contributed by atoms with Crippen molar-refractivity contribution in [2.45, 2.75) is 6.92 Å². The molecule has 0 saturated carbocycles. The van der Waals surface area contributed by atoms with Crippen LogP contribution in [0, 0.1) is 3.57 Å². The maximum absolute atomic E-state index is 12.7. The van der Waals surface area contributed by atoms with Gasteiger partial charge in [-0.1, -0.05) is 48.5 Å². The Morgan fingerprint density at radius 3 is 2.00 bits per heavy atom. The van der Waals surface area contributed by atoms with Crippen molar-refractivity contribution in [3.05, 3.63) is 118 Å². The molecule has 0 radical (unpaired) electrons. The third-order valence-corrected chi connectivity index (χ3v) is 6.58. The van der Waals surface area contributed by atoms with E-state index in [1.807, 2.05) is 79.7 Å². The van der Waals surface area contributed by atoms with Gasteiger partial charge in [0.25, 0.3) is 0 Å². The van der Waals surface area contributed by atoms with Crippen molar-refractivity contribution in [3.8, 4) is 11.5 Å². The molecule has 0 fully saturated rings. The summed E-state index contributed by atoms with van der Waals surface area (Å²) in [5.41, 5.74) is 5.72. The highest BCUT2D eigenvalue weighted by Crippen LogP contribution is 2.29. The fourth-order valence-electron chi connectivity index (χ4n) is 3.74. The fourth-order valence-corrected chi connectivity index (χ4v) is 4.35. The van der Waals surface area contributed by atoms with Crippen molar-refractivity contribution in [1.82, 2.24) is 15.0 Å². The van der Waals surface area contributed by atoms with Crippen LogP contribution in [0.15, 0.2) is 108 Å². The molecule has 0 aliphatic rings. The Labute approximate surface area is 256 Å². The first-order valence-corrected chi connectivity index (χ1v) is 14.1. The molecule has 210 valence electrons. The number of hydrazone groups is 1. The van der Waals surface area contributed by atoms with Crippen LogP contribution in [0.4, 0.5) is 29.2 Å². The van der Waals surface area contributed by atoms with E-state index in [1.165, 1.54) is 0 Å². The highest BCUT2D eigenvalue weighted by atomic mass is 127. The normalized spacial score (nSPS) is 10.7. The number of para-hydroxylation sites is 2. The number of hydrogen-bond donors (Lipinski definition) is 3. The summed E-state index contributed by atoms with van der Waals surface area (Å²) in [7, 11) is 0. The molecule has 0 aliphatic carbocycles. The number of ether oxygens (including phenoxy) is 2. The Hall–Kier alpha value is -5.04. The van der Waals surface area contributed by atoms with Gasteiger partial charge in [0.05, 0.1) is 18.4 Å². The molecule has 0 aliphatic heterocycles. The number of aromatic nitrogens is 3. The molecule has 5 aromatic rings. The van der Waals surface area contributed by atoms with Gasteiger partial charge >= 0.3 is 5.97 Å². The van der Waals surface area contributed by atoms with E-state index in [1.54, 1.807) is 36.5 Å². The topological polar surface area (TPSA) is 123 Å². The fraction of sp³-hybridized carbons (Fsp3) is 0.0645. The average molecular weight is 671 g/mol. The van der Waals surface area contributed by atoms with Gasteiger partial charge in [0.1, 0.15) is 0 Å². The van der Waals surface area contributed by atoms with Gasteiger partial charge in [0.2, 0.25) is 17.8 Å². The average Bonchev–Trinajstić information content (AvgIpc) is 3.00. The van der Waals surface area contributed by atoms with E-state index in [0.29, 0.717) is 41.1 Å². The molecule has 42 heavy (non-hydrogen) atoms. The first-order chi connectivity index (χ1) is 20.6. The van der Waals surface area contributed by atoms with Gasteiger partial charge in [-0.3, -0.25) is 0 Å². The zero-order valence-electron chi connectivity index (χ0n) is 22.5. The van der Waals surface area contributed by atoms with Crippen molar-refractivity contribution in [2.75, 3.05) is 22.7 Å². The summed E-state index contributed by atoms with van der Waals surface area (Å²) < 4.78 is 12.2. The molecule has 0 unspecified atom stereocenters. The molecule has 5 rings (SSSR count). The number of esters is 1. The number of hydrogen-bond acceptors (Lipinski definition) is 10. The largest absolute Gasteiger partial charge is 0.490 e. The second kappa shape index (κ2) is 14.0. The lowest BCUT2D eigenvalue weighted by atomic mass is 10.2. The number of nitrogens with zero attached hydrogens (tertiary/aromatic N) is 4. The van der Waals surface area contributed by atoms with Gasteiger partial charge in [-0.2, -0.15) is 20.1 Å². The zero-order valence-corrected chi connectivity index (χ0v) is 24.6. The molecule has 4 aromatic carbocycles. The maximum atomic E-state index is 12.7. The first kappa shape index (κ1) is 28.5. The molecule has 1 aromatic heterocycles. The summed E-state index contributed by atoms with van der Waals surface area (Å²) in [6.45, 7) is 2.25. The Morgan fingerprint density at radius 2 is 1.38 bits per heavy atom. The molecule has 10 nitrogen and oxygen atoms in total. The second-order valence-electron chi connectivity index (χ2n) is 8.67. The van der Waals surface area contributed by atoms with E-state index in [2.05, 4.69) is 58.7 Å². The molecule has 0 saturated heterocycles. The smallest absolute Gasteiger partial charge is 0.344 e. The predicted octanol–water partition coefficient (Wildman–Crippen LogP) is 7.03. The Balaban J connectivity index is 1.33. The van der Waals surface area contributed by atoms with Gasteiger partial charge in [-0.05, 0) is 89.7 Å². The molecule has 0 spiro atoms. The molecule has 11 heteroatoms. The standard InChI is InChI=1S/C31H26IN7O3/c1-2-41-27-19-21(17-18-26(27)42-28(40)24-15-9-10-16-25(24)32)20-33-39-31-37-29(34-22-11-5-3-6-12-22)36-30(38-31)35-23-13-7-4-8-14-23/h3-20H,2H2,1H3,(H3,34,35,36,37,38,39). The van der Waals surface area contributed by atoms with Crippen LogP contribution in [0.25, 0.3) is 0 Å². The lowest BCUT2D eigenvalue weighted by molar-refractivity contribution is 0.0727. The molecular formula is C31H26IN7O3. The van der Waals surface area contributed by atoms with Crippen molar-refractivity contribution >= 4 is 64.0 Å². The summed E-state index contributed by atoms with van der Waals surface area (Å²) in [6.07, 6.45) is 1.59. The lowest BCUT2D eigenvalue weighted by Crippen LogP contribution is -2.11. The van der Waals surface area contributed by atoms with E-state index >= 15 is 0 Å². The third-order valence-electron chi connectivity index (χ3n) is 5.64. The zero-order chi connectivity index (χ0) is 29.1. The van der Waals surface area contributed by atoms with Crippen LogP contribution >= 0.6 is 22.6 Å². The summed E-state index contributed by atoms with van der Waals surface area (Å²) >= 11 is 2.10. The maximum Gasteiger partial charge on any atom is 0.344 e. The van der Waals surface area contributed by atoms with Crippen LogP contribution in [0.3, 0.4) is 0 Å². The van der Waals surface area contributed by atoms with Gasteiger partial charge in [0, 0.05) is 14.9 Å². The third kappa shape index (κ3) is 7.79. The number of carbonyl (C=O) groups is 1. The van der Waals surface area contributed by atoms with E-state index in [-0.39, 0.29) is 5.95 Å². The van der Waals surface area contributed by atoms with E-state index in [0.717, 1.165) is 14.9 Å². The SMILES string of the molecule is CCOc1cc(C=NNc2nc(Nc3ccccc3)nc(Nc3ccccc3)n2)ccc1OC(=O)c1ccccc1I. The predicted molar refractivity (Wildman–Crippen MR) is 172 cm³/mol. The number of nitrogens with one attached hydrogen (secondary N) is 3. The number of halogens is 1. The number of carbonyl (C=O) groups excluding carboxylic acids is 1. The van der Waals surface area contributed by atoms with Crippen molar-refractivity contribution in [3.63, 3.8) is 0 Å². The minimum absolute atomic E-state index is 0.228. The van der Waals surface area contributed by atoms with Crippen LogP contribution < -0.4 is 25.5 Å². The lowest BCUT2D eigenvalue weighted by Gasteiger charge is -2.12. The summed E-state index contributed by atoms with van der Waals surface area (Å²) in [6, 6.07) is 31.6. The Morgan fingerprint density at radius 1 is 0.786 bits per heavy atom. The van der Waals surface area contributed by atoms with Gasteiger partial charge < -0.3 is 20.1 Å². The van der Waals surface area contributed by atoms with Crippen LogP contribution in [0.1, 0.15) is 22.8 Å². The molecule has 0 bridgehead atoms. The summed E-state index contributed by atoms with van der Waals surface area (Å²) in [4.78, 5) is 26.1. The summed E-state index contributed by atoms with van der Waals surface area (Å²) in [5.74, 6) is 1.18. The Kier molecular flexibility index (Phi) is 9.52. The highest BCUT2D eigenvalue weighted by Gasteiger charge is 2.15. The molecule has 0 atom stereocenters. The highest BCUT2D eigenvalue weighted by molar-refractivity contribution is 14.1. The summed E-state index contributed by atoms with van der Waals surface area (Å²) in [5, 5.41) is 10.7. The van der Waals surface area contributed by atoms with E-state index in [4.69, 9.17) is 9.47 Å². The number of benzene rings is 4. The Bertz CT molecular complexity index is 1630. The van der Waals surface area contributed by atoms with Crippen molar-refractivity contribution in [1.29, 1.82) is 0 Å². The quantitative estimate of drug-likeness (QED) is 0.0447. The molecular weight excluding hydrogens is 645 g/mol. The number of rotatable bonds is 11. The van der Waals surface area contributed by atoms with Crippen LogP contribution in [0.5, 0.6) is 11.5 Å². The molecule has 1 heterocycles. The van der Waals surface area contributed by atoms with Crippen LogP contribution in [-0.2, 0) is 0 Å². The first-order valence-electron chi connectivity index (χ1n) is 13.0. The van der Waals surface area contributed by atoms with Gasteiger partial charge in [0.15, 0.2) is 11.5 Å². The van der Waals surface area contributed by atoms with Crippen LogP contribution in [-0.4, -0.2) is 33.7 Å². The van der Waals surface area contributed by atoms with Crippen molar-refractivity contribution in [2.24, 2.45) is 5.10 Å². The monoisotopic (exact) mass is 671 g/mol. The molecule has 3 N–H and O–H groups in total. The van der Waals surface area contributed by atoms with E-state index < -0.39 is 5.97 Å². The minimum Gasteiger partial charge on any atom is -0.490 e. The van der Waals surface area contributed by atoms with Crippen molar-refractivity contribution < 1.29 is 14.3 Å². The minimum atomic E-state index is -0.460.